The van der Waals surface area contributed by atoms with Crippen molar-refractivity contribution >= 4 is 17.7 Å². The number of hydrogen-bond donors (Lipinski definition) is 0. The zero-order valence-electron chi connectivity index (χ0n) is 9.14. The number of hydrogen-bond acceptors (Lipinski definition) is 2. The summed E-state index contributed by atoms with van der Waals surface area (Å²) in [5.41, 5.74) is 0.337. The Morgan fingerprint density at radius 2 is 2.07 bits per heavy atom. The lowest BCUT2D eigenvalue weighted by atomic mass is 9.64. The van der Waals surface area contributed by atoms with Gasteiger partial charge in [0.1, 0.15) is 0 Å². The van der Waals surface area contributed by atoms with Crippen LogP contribution in [0.1, 0.15) is 40.0 Å². The lowest BCUT2D eigenvalue weighted by Gasteiger charge is -2.44. The fourth-order valence-corrected chi connectivity index (χ4v) is 3.64. The van der Waals surface area contributed by atoms with Gasteiger partial charge in [0.05, 0.1) is 6.54 Å². The molecule has 0 aromatic carbocycles. The highest BCUT2D eigenvalue weighted by atomic mass is 35.5. The second kappa shape index (κ2) is 4.04. The maximum atomic E-state index is 10.1. The summed E-state index contributed by atoms with van der Waals surface area (Å²) in [6, 6.07) is 0. The second-order valence-corrected chi connectivity index (χ2v) is 6.18. The minimum Gasteiger partial charge on any atom is -0.211 e. The third kappa shape index (κ3) is 3.11. The summed E-state index contributed by atoms with van der Waals surface area (Å²) in [5, 5.41) is 0.214. The van der Waals surface area contributed by atoms with Gasteiger partial charge < -0.3 is 0 Å². The fourth-order valence-electron chi connectivity index (χ4n) is 2.85. The molecule has 1 rings (SSSR count). The van der Waals surface area contributed by atoms with Crippen LogP contribution in [0.2, 0.25) is 0 Å². The molecular weight excluding hydrogens is 198 g/mol. The van der Waals surface area contributed by atoms with Gasteiger partial charge in [-0.05, 0) is 30.1 Å². The van der Waals surface area contributed by atoms with Gasteiger partial charge >= 0.3 is 0 Å². The van der Waals surface area contributed by atoms with Crippen molar-refractivity contribution in [1.82, 2.24) is 0 Å². The molecule has 1 fully saturated rings. The monoisotopic (exact) mass is 215 g/mol. The molecule has 2 atom stereocenters. The van der Waals surface area contributed by atoms with Crippen LogP contribution in [0.5, 0.6) is 0 Å². The van der Waals surface area contributed by atoms with Gasteiger partial charge in [-0.3, -0.25) is 0 Å². The van der Waals surface area contributed by atoms with Crippen LogP contribution in [0.25, 0.3) is 0 Å². The van der Waals surface area contributed by atoms with Crippen LogP contribution in [0, 0.1) is 10.8 Å². The third-order valence-electron chi connectivity index (χ3n) is 2.92. The summed E-state index contributed by atoms with van der Waals surface area (Å²) in [5.74, 6) is 0. The van der Waals surface area contributed by atoms with E-state index >= 15 is 0 Å². The van der Waals surface area contributed by atoms with Crippen LogP contribution in [-0.2, 0) is 4.79 Å². The van der Waals surface area contributed by atoms with E-state index in [-0.39, 0.29) is 16.2 Å². The van der Waals surface area contributed by atoms with Crippen molar-refractivity contribution < 1.29 is 4.79 Å². The molecule has 0 aromatic rings. The molecule has 1 aliphatic rings. The molecule has 0 N–H and O–H groups in total. The maximum absolute atomic E-state index is 10.1. The van der Waals surface area contributed by atoms with Gasteiger partial charge in [-0.25, -0.2) is 9.79 Å². The fraction of sp³-hybridized carbons (Fsp3) is 0.909. The predicted molar refractivity (Wildman–Crippen MR) is 58.4 cm³/mol. The number of aliphatic imine (C=N–C) groups is 1. The standard InChI is InChI=1S/C11H18ClNO/c1-10(2)4-9(12)5-11(3,6-10)7-13-8-14/h9H,4-7H2,1-3H3. The third-order valence-corrected chi connectivity index (χ3v) is 3.23. The molecule has 0 amide bonds. The van der Waals surface area contributed by atoms with Crippen LogP contribution in [0.3, 0.4) is 0 Å². The molecule has 0 spiro atoms. The molecular formula is C11H18ClNO. The Morgan fingerprint density at radius 1 is 1.43 bits per heavy atom. The first kappa shape index (κ1) is 11.7. The van der Waals surface area contributed by atoms with Gasteiger partial charge in [0, 0.05) is 5.38 Å². The zero-order valence-corrected chi connectivity index (χ0v) is 9.90. The second-order valence-electron chi connectivity index (χ2n) is 5.56. The average molecular weight is 216 g/mol. The molecule has 2 unspecified atom stereocenters. The Kier molecular flexibility index (Phi) is 3.39. The quantitative estimate of drug-likeness (QED) is 0.395. The molecule has 80 valence electrons. The van der Waals surface area contributed by atoms with Crippen LogP contribution >= 0.6 is 11.6 Å². The predicted octanol–water partition coefficient (Wildman–Crippen LogP) is 3.15. The van der Waals surface area contributed by atoms with Gasteiger partial charge in [-0.1, -0.05) is 20.8 Å². The van der Waals surface area contributed by atoms with Crippen molar-refractivity contribution in [2.45, 2.75) is 45.4 Å². The van der Waals surface area contributed by atoms with E-state index in [0.717, 1.165) is 19.3 Å². The molecule has 0 radical (unpaired) electrons. The number of nitrogens with zero attached hydrogens (tertiary/aromatic N) is 1. The average Bonchev–Trinajstić information content (AvgIpc) is 1.96. The lowest BCUT2D eigenvalue weighted by molar-refractivity contribution is 0.110. The largest absolute Gasteiger partial charge is 0.234 e. The van der Waals surface area contributed by atoms with E-state index < -0.39 is 0 Å². The Hall–Kier alpha value is -0.330. The Morgan fingerprint density at radius 3 is 2.57 bits per heavy atom. The van der Waals surface area contributed by atoms with E-state index in [1.807, 2.05) is 0 Å². The molecule has 14 heavy (non-hydrogen) atoms. The molecule has 0 heterocycles. The van der Waals surface area contributed by atoms with Gasteiger partial charge in [0.15, 0.2) is 0 Å². The highest BCUT2D eigenvalue weighted by molar-refractivity contribution is 6.20. The summed E-state index contributed by atoms with van der Waals surface area (Å²) in [6.07, 6.45) is 4.69. The van der Waals surface area contributed by atoms with Crippen molar-refractivity contribution in [2.75, 3.05) is 6.54 Å². The SMILES string of the molecule is CC1(C)CC(Cl)CC(C)(CN=C=O)C1. The minimum atomic E-state index is 0.0750. The van der Waals surface area contributed by atoms with Gasteiger partial charge in [0.25, 0.3) is 0 Å². The smallest absolute Gasteiger partial charge is 0.211 e. The molecule has 1 aliphatic carbocycles. The normalized spacial score (nSPS) is 36.1. The van der Waals surface area contributed by atoms with E-state index in [1.165, 1.54) is 0 Å². The van der Waals surface area contributed by atoms with E-state index in [9.17, 15) is 4.79 Å². The van der Waals surface area contributed by atoms with Crippen molar-refractivity contribution in [3.63, 3.8) is 0 Å². The number of isocyanates is 1. The lowest BCUT2D eigenvalue weighted by Crippen LogP contribution is -2.38. The van der Waals surface area contributed by atoms with Crippen molar-refractivity contribution in [1.29, 1.82) is 0 Å². The highest BCUT2D eigenvalue weighted by Gasteiger charge is 2.40. The van der Waals surface area contributed by atoms with Crippen molar-refractivity contribution in [3.05, 3.63) is 0 Å². The Labute approximate surface area is 90.7 Å². The van der Waals surface area contributed by atoms with Crippen LogP contribution in [0.4, 0.5) is 0 Å². The van der Waals surface area contributed by atoms with Crippen LogP contribution in [0.15, 0.2) is 4.99 Å². The molecule has 0 aromatic heterocycles. The van der Waals surface area contributed by atoms with E-state index in [1.54, 1.807) is 6.08 Å². The molecule has 0 bridgehead atoms. The van der Waals surface area contributed by atoms with Crippen molar-refractivity contribution in [2.24, 2.45) is 15.8 Å². The van der Waals surface area contributed by atoms with Gasteiger partial charge in [-0.15, -0.1) is 11.6 Å². The summed E-state index contributed by atoms with van der Waals surface area (Å²) in [7, 11) is 0. The van der Waals surface area contributed by atoms with E-state index in [2.05, 4.69) is 25.8 Å². The number of alkyl halides is 1. The van der Waals surface area contributed by atoms with Crippen LogP contribution in [-0.4, -0.2) is 18.0 Å². The highest BCUT2D eigenvalue weighted by Crippen LogP contribution is 2.47. The van der Waals surface area contributed by atoms with E-state index in [0.29, 0.717) is 6.54 Å². The van der Waals surface area contributed by atoms with E-state index in [4.69, 9.17) is 11.6 Å². The first-order chi connectivity index (χ1) is 6.37. The molecule has 0 aliphatic heterocycles. The molecule has 0 saturated heterocycles. The summed E-state index contributed by atoms with van der Waals surface area (Å²) in [6.45, 7) is 7.17. The Balaban J connectivity index is 2.73. The minimum absolute atomic E-state index is 0.0750. The first-order valence-electron chi connectivity index (χ1n) is 5.05. The Bertz CT molecular complexity index is 258. The van der Waals surface area contributed by atoms with Gasteiger partial charge in [-0.2, -0.15) is 0 Å². The molecule has 1 saturated carbocycles. The maximum Gasteiger partial charge on any atom is 0.234 e. The molecule has 3 heteroatoms. The molecule has 2 nitrogen and oxygen atoms in total. The summed E-state index contributed by atoms with van der Waals surface area (Å²) in [4.78, 5) is 13.8. The number of halogens is 1. The first-order valence-corrected chi connectivity index (χ1v) is 5.48. The number of carbonyl (C=O) groups excluding carboxylic acids is 1. The summed E-state index contributed by atoms with van der Waals surface area (Å²) < 4.78 is 0. The van der Waals surface area contributed by atoms with Crippen molar-refractivity contribution in [3.8, 4) is 0 Å². The topological polar surface area (TPSA) is 29.4 Å². The van der Waals surface area contributed by atoms with Gasteiger partial charge in [0.2, 0.25) is 6.08 Å². The number of rotatable bonds is 2. The zero-order chi connectivity index (χ0) is 10.8. The summed E-state index contributed by atoms with van der Waals surface area (Å²) >= 11 is 6.22. The van der Waals surface area contributed by atoms with Crippen LogP contribution < -0.4 is 0 Å².